The highest BCUT2D eigenvalue weighted by Crippen LogP contribution is 2.16. The van der Waals surface area contributed by atoms with Gasteiger partial charge in [0, 0.05) is 12.8 Å². The van der Waals surface area contributed by atoms with E-state index in [1.54, 1.807) is 0 Å². The van der Waals surface area contributed by atoms with Crippen LogP contribution in [0, 0.1) is 5.92 Å². The van der Waals surface area contributed by atoms with E-state index < -0.39 is 0 Å². The van der Waals surface area contributed by atoms with Gasteiger partial charge in [0.2, 0.25) is 11.8 Å². The van der Waals surface area contributed by atoms with E-state index in [2.05, 4.69) is 30.0 Å². The Morgan fingerprint density at radius 3 is 1.80 bits per heavy atom. The topological polar surface area (TPSA) is 70.2 Å². The van der Waals surface area contributed by atoms with E-state index in [1.807, 2.05) is 7.05 Å². The highest BCUT2D eigenvalue weighted by Gasteiger charge is 2.05. The summed E-state index contributed by atoms with van der Waals surface area (Å²) < 4.78 is 0. The van der Waals surface area contributed by atoms with E-state index in [1.165, 1.54) is 38.5 Å². The molecule has 0 radical (unpaired) electrons. The van der Waals surface area contributed by atoms with Crippen LogP contribution in [0.5, 0.6) is 0 Å². The normalized spacial score (nSPS) is 12.0. The third-order valence-electron chi connectivity index (χ3n) is 4.57. The number of nitrogens with one attached hydrogen (secondary N) is 3. The van der Waals surface area contributed by atoms with E-state index in [0.29, 0.717) is 12.8 Å². The minimum Gasteiger partial charge on any atom is -0.320 e. The zero-order valence-electron chi connectivity index (χ0n) is 16.8. The van der Waals surface area contributed by atoms with Gasteiger partial charge in [-0.2, -0.15) is 0 Å². The van der Waals surface area contributed by atoms with E-state index in [-0.39, 0.29) is 11.8 Å². The molecule has 3 N–H and O–H groups in total. The molecular formula is C20H41N3O2. The zero-order chi connectivity index (χ0) is 18.8. The summed E-state index contributed by atoms with van der Waals surface area (Å²) in [5, 5.41) is 3.08. The third-order valence-corrected chi connectivity index (χ3v) is 4.57. The van der Waals surface area contributed by atoms with Crippen LogP contribution in [0.25, 0.3) is 0 Å². The molecule has 1 unspecified atom stereocenters. The van der Waals surface area contributed by atoms with Gasteiger partial charge >= 0.3 is 0 Å². The standard InChI is InChI=1S/C20H41N3O2/c1-4-5-8-13-18(2)14-9-6-10-15-19(24)22-23-20(25)16-11-7-12-17-21-3/h18,21H,4-17H2,1-3H3,(H,22,24)(H,23,25). The van der Waals surface area contributed by atoms with Gasteiger partial charge in [-0.1, -0.05) is 65.2 Å². The fourth-order valence-corrected chi connectivity index (χ4v) is 2.87. The first-order chi connectivity index (χ1) is 12.1. The molecule has 0 aliphatic rings. The molecule has 0 saturated carbocycles. The lowest BCUT2D eigenvalue weighted by molar-refractivity contribution is -0.129. The second-order valence-corrected chi connectivity index (χ2v) is 7.21. The van der Waals surface area contributed by atoms with Gasteiger partial charge in [0.05, 0.1) is 0 Å². The molecule has 0 spiro atoms. The minimum atomic E-state index is -0.0984. The van der Waals surface area contributed by atoms with Gasteiger partial charge in [0.25, 0.3) is 0 Å². The lowest BCUT2D eigenvalue weighted by Gasteiger charge is -2.11. The molecular weight excluding hydrogens is 314 g/mol. The van der Waals surface area contributed by atoms with Crippen LogP contribution in [0.2, 0.25) is 0 Å². The summed E-state index contributed by atoms with van der Waals surface area (Å²) in [5.74, 6) is 0.617. The average molecular weight is 356 g/mol. The van der Waals surface area contributed by atoms with Crippen LogP contribution in [-0.4, -0.2) is 25.4 Å². The van der Waals surface area contributed by atoms with Crippen molar-refractivity contribution in [2.75, 3.05) is 13.6 Å². The predicted octanol–water partition coefficient (Wildman–Crippen LogP) is 4.08. The third kappa shape index (κ3) is 17.5. The van der Waals surface area contributed by atoms with Crippen LogP contribution in [0.4, 0.5) is 0 Å². The van der Waals surface area contributed by atoms with Gasteiger partial charge in [-0.25, -0.2) is 0 Å². The first kappa shape index (κ1) is 23.9. The van der Waals surface area contributed by atoms with Gasteiger partial charge in [-0.3, -0.25) is 20.4 Å². The van der Waals surface area contributed by atoms with Crippen LogP contribution in [0.1, 0.15) is 97.3 Å². The van der Waals surface area contributed by atoms with Crippen molar-refractivity contribution in [2.45, 2.75) is 97.3 Å². The Labute approximate surface area is 155 Å². The number of carbonyl (C=O) groups is 2. The van der Waals surface area contributed by atoms with E-state index >= 15 is 0 Å². The lowest BCUT2D eigenvalue weighted by Crippen LogP contribution is -2.41. The smallest absolute Gasteiger partial charge is 0.238 e. The largest absolute Gasteiger partial charge is 0.320 e. The SMILES string of the molecule is CCCCCC(C)CCCCCC(=O)NNC(=O)CCCCCNC. The fraction of sp³-hybridized carbons (Fsp3) is 0.900. The Bertz CT molecular complexity index is 335. The molecule has 0 aliphatic heterocycles. The van der Waals surface area contributed by atoms with Gasteiger partial charge in [0.15, 0.2) is 0 Å². The van der Waals surface area contributed by atoms with Crippen molar-refractivity contribution in [3.63, 3.8) is 0 Å². The first-order valence-electron chi connectivity index (χ1n) is 10.3. The van der Waals surface area contributed by atoms with E-state index in [9.17, 15) is 9.59 Å². The highest BCUT2D eigenvalue weighted by molar-refractivity contribution is 5.81. The number of hydrogen-bond donors (Lipinski definition) is 3. The van der Waals surface area contributed by atoms with E-state index in [0.717, 1.165) is 44.6 Å². The molecule has 0 aliphatic carbocycles. The quantitative estimate of drug-likeness (QED) is 0.289. The number of hydrogen-bond acceptors (Lipinski definition) is 3. The second-order valence-electron chi connectivity index (χ2n) is 7.21. The number of amides is 2. The highest BCUT2D eigenvalue weighted by atomic mass is 16.2. The molecule has 0 aromatic carbocycles. The van der Waals surface area contributed by atoms with E-state index in [4.69, 9.17) is 0 Å². The maximum absolute atomic E-state index is 11.7. The van der Waals surface area contributed by atoms with Crippen LogP contribution in [0.3, 0.4) is 0 Å². The second kappa shape index (κ2) is 17.7. The monoisotopic (exact) mass is 355 g/mol. The molecule has 0 bridgehead atoms. The molecule has 148 valence electrons. The van der Waals surface area contributed by atoms with Gasteiger partial charge in [-0.05, 0) is 38.8 Å². The molecule has 25 heavy (non-hydrogen) atoms. The lowest BCUT2D eigenvalue weighted by atomic mass is 9.97. The molecule has 0 aromatic heterocycles. The summed E-state index contributed by atoms with van der Waals surface area (Å²) in [6, 6.07) is 0. The van der Waals surface area contributed by atoms with Gasteiger partial charge < -0.3 is 5.32 Å². The van der Waals surface area contributed by atoms with Crippen molar-refractivity contribution in [3.8, 4) is 0 Å². The summed E-state index contributed by atoms with van der Waals surface area (Å²) >= 11 is 0. The van der Waals surface area contributed by atoms with Crippen molar-refractivity contribution >= 4 is 11.8 Å². The minimum absolute atomic E-state index is 0.0838. The number of carbonyl (C=O) groups excluding carboxylic acids is 2. The van der Waals surface area contributed by atoms with Crippen LogP contribution >= 0.6 is 0 Å². The first-order valence-corrected chi connectivity index (χ1v) is 10.3. The number of hydrazine groups is 1. The van der Waals surface area contributed by atoms with Crippen molar-refractivity contribution in [1.82, 2.24) is 16.2 Å². The summed E-state index contributed by atoms with van der Waals surface area (Å²) in [5.41, 5.74) is 5.02. The van der Waals surface area contributed by atoms with Gasteiger partial charge in [0.1, 0.15) is 0 Å². The summed E-state index contributed by atoms with van der Waals surface area (Å²) in [6.45, 7) is 5.55. The number of unbranched alkanes of at least 4 members (excludes halogenated alkanes) is 6. The molecule has 0 saturated heterocycles. The average Bonchev–Trinajstić information content (AvgIpc) is 2.59. The summed E-state index contributed by atoms with van der Waals surface area (Å²) in [7, 11) is 1.93. The molecule has 0 heterocycles. The Hall–Kier alpha value is -1.10. The maximum atomic E-state index is 11.7. The summed E-state index contributed by atoms with van der Waals surface area (Å²) in [6.07, 6.45) is 13.7. The Balaban J connectivity index is 3.44. The predicted molar refractivity (Wildman–Crippen MR) is 105 cm³/mol. The molecule has 0 aromatic rings. The molecule has 0 rings (SSSR count). The van der Waals surface area contributed by atoms with Crippen LogP contribution in [-0.2, 0) is 9.59 Å². The Kier molecular flexibility index (Phi) is 16.9. The van der Waals surface area contributed by atoms with Crippen LogP contribution in [0.15, 0.2) is 0 Å². The molecule has 5 nitrogen and oxygen atoms in total. The number of rotatable bonds is 16. The van der Waals surface area contributed by atoms with Crippen molar-refractivity contribution in [1.29, 1.82) is 0 Å². The molecule has 5 heteroatoms. The fourth-order valence-electron chi connectivity index (χ4n) is 2.87. The Morgan fingerprint density at radius 2 is 1.28 bits per heavy atom. The molecule has 0 fully saturated rings. The maximum Gasteiger partial charge on any atom is 0.238 e. The Morgan fingerprint density at radius 1 is 0.760 bits per heavy atom. The molecule has 2 amide bonds. The summed E-state index contributed by atoms with van der Waals surface area (Å²) in [4.78, 5) is 23.3. The van der Waals surface area contributed by atoms with Crippen molar-refractivity contribution < 1.29 is 9.59 Å². The van der Waals surface area contributed by atoms with Crippen LogP contribution < -0.4 is 16.2 Å². The van der Waals surface area contributed by atoms with Crippen molar-refractivity contribution in [2.24, 2.45) is 5.92 Å². The van der Waals surface area contributed by atoms with Crippen molar-refractivity contribution in [3.05, 3.63) is 0 Å². The van der Waals surface area contributed by atoms with Gasteiger partial charge in [-0.15, -0.1) is 0 Å². The molecule has 1 atom stereocenters. The zero-order valence-corrected chi connectivity index (χ0v) is 16.8.